The first-order chi connectivity index (χ1) is 8.59. The van der Waals surface area contributed by atoms with Crippen LogP contribution in [0, 0.1) is 0 Å². The van der Waals surface area contributed by atoms with Crippen LogP contribution in [0.3, 0.4) is 0 Å². The van der Waals surface area contributed by atoms with Gasteiger partial charge < -0.3 is 14.8 Å². The molecule has 1 N–H and O–H groups in total. The zero-order valence-electron chi connectivity index (χ0n) is 10.6. The first kappa shape index (κ1) is 12.5. The molecule has 4 heteroatoms. The van der Waals surface area contributed by atoms with Crippen molar-refractivity contribution in [3.63, 3.8) is 0 Å². The third kappa shape index (κ3) is 3.03. The van der Waals surface area contributed by atoms with Crippen molar-refractivity contribution in [1.82, 2.24) is 0 Å². The maximum Gasteiger partial charge on any atom is 0.247 e. The molecule has 0 fully saturated rings. The second-order valence-electron chi connectivity index (χ2n) is 4.48. The molecule has 0 aliphatic carbocycles. The molecule has 1 aliphatic heterocycles. The van der Waals surface area contributed by atoms with Gasteiger partial charge in [0.15, 0.2) is 0 Å². The molecule has 4 nitrogen and oxygen atoms in total. The maximum absolute atomic E-state index is 11.1. The maximum atomic E-state index is 11.1. The minimum Gasteiger partial charge on any atom is -0.457 e. The third-order valence-corrected chi connectivity index (χ3v) is 2.87. The van der Waals surface area contributed by atoms with Crippen LogP contribution in [0.4, 0.5) is 5.69 Å². The Kier molecular flexibility index (Phi) is 3.55. The summed E-state index contributed by atoms with van der Waals surface area (Å²) in [6.07, 6.45) is 4.60. The lowest BCUT2D eigenvalue weighted by molar-refractivity contribution is -0.130. The van der Waals surface area contributed by atoms with Crippen LogP contribution >= 0.6 is 0 Å². The Morgan fingerprint density at radius 1 is 1.28 bits per heavy atom. The highest BCUT2D eigenvalue weighted by molar-refractivity contribution is 5.89. The number of amides is 1. The van der Waals surface area contributed by atoms with E-state index in [1.165, 1.54) is 6.92 Å². The van der Waals surface area contributed by atoms with Gasteiger partial charge in [0.1, 0.15) is 12.5 Å². The fourth-order valence-electron chi connectivity index (χ4n) is 1.90. The minimum atomic E-state index is -0.594. The van der Waals surface area contributed by atoms with E-state index >= 15 is 0 Å². The summed E-state index contributed by atoms with van der Waals surface area (Å²) in [5.74, 6) is -0.660. The molecule has 0 radical (unpaired) electrons. The third-order valence-electron chi connectivity index (χ3n) is 2.87. The van der Waals surface area contributed by atoms with Gasteiger partial charge >= 0.3 is 0 Å². The summed E-state index contributed by atoms with van der Waals surface area (Å²) in [6, 6.07) is 7.75. The predicted molar refractivity (Wildman–Crippen MR) is 68.8 cm³/mol. The monoisotopic (exact) mass is 247 g/mol. The summed E-state index contributed by atoms with van der Waals surface area (Å²) in [6.45, 7) is 3.40. The van der Waals surface area contributed by atoms with Crippen LogP contribution in [-0.4, -0.2) is 11.7 Å². The van der Waals surface area contributed by atoms with Gasteiger partial charge in [-0.2, -0.15) is 0 Å². The highest BCUT2D eigenvalue weighted by atomic mass is 16.7. The van der Waals surface area contributed by atoms with Crippen molar-refractivity contribution in [2.45, 2.75) is 32.5 Å². The fourth-order valence-corrected chi connectivity index (χ4v) is 1.90. The number of para-hydroxylation sites is 1. The molecule has 1 aromatic rings. The van der Waals surface area contributed by atoms with E-state index < -0.39 is 5.79 Å². The average Bonchev–Trinajstić information content (AvgIpc) is 2.75. The lowest BCUT2D eigenvalue weighted by atomic mass is 10.0. The van der Waals surface area contributed by atoms with E-state index in [-0.39, 0.29) is 5.91 Å². The quantitative estimate of drug-likeness (QED) is 0.890. The number of ether oxygens (including phenoxy) is 2. The van der Waals surface area contributed by atoms with Crippen molar-refractivity contribution in [1.29, 1.82) is 0 Å². The second-order valence-corrected chi connectivity index (χ2v) is 4.48. The van der Waals surface area contributed by atoms with E-state index in [1.54, 1.807) is 12.5 Å². The van der Waals surface area contributed by atoms with Gasteiger partial charge in [-0.3, -0.25) is 4.79 Å². The Labute approximate surface area is 107 Å². The number of benzene rings is 1. The molecule has 1 heterocycles. The van der Waals surface area contributed by atoms with Crippen molar-refractivity contribution < 1.29 is 14.3 Å². The van der Waals surface area contributed by atoms with E-state index in [2.05, 4.69) is 5.32 Å². The van der Waals surface area contributed by atoms with Gasteiger partial charge in [-0.25, -0.2) is 0 Å². The average molecular weight is 247 g/mol. The molecule has 96 valence electrons. The number of carbonyl (C=O) groups is 1. The number of aryl methyl sites for hydroxylation is 1. The summed E-state index contributed by atoms with van der Waals surface area (Å²) in [5, 5.41) is 2.83. The summed E-state index contributed by atoms with van der Waals surface area (Å²) in [5.41, 5.74) is 1.92. The molecule has 0 atom stereocenters. The number of nitrogens with one attached hydrogen (secondary N) is 1. The highest BCUT2D eigenvalue weighted by Gasteiger charge is 2.29. The molecule has 0 saturated heterocycles. The molecule has 2 rings (SSSR count). The summed E-state index contributed by atoms with van der Waals surface area (Å²) in [4.78, 5) is 11.1. The molecule has 0 spiro atoms. The molecule has 0 aromatic heterocycles. The second kappa shape index (κ2) is 5.12. The van der Waals surface area contributed by atoms with Gasteiger partial charge in [-0.1, -0.05) is 18.2 Å². The van der Waals surface area contributed by atoms with Crippen LogP contribution in [0.15, 0.2) is 36.8 Å². The normalized spacial score (nSPS) is 15.9. The Hall–Kier alpha value is -1.97. The van der Waals surface area contributed by atoms with E-state index in [9.17, 15) is 4.79 Å². The van der Waals surface area contributed by atoms with Crippen LogP contribution in [0.25, 0.3) is 0 Å². The van der Waals surface area contributed by atoms with Crippen LogP contribution in [0.5, 0.6) is 0 Å². The van der Waals surface area contributed by atoms with Gasteiger partial charge in [0.05, 0.1) is 0 Å². The smallest absolute Gasteiger partial charge is 0.247 e. The van der Waals surface area contributed by atoms with Crippen LogP contribution in [0.1, 0.15) is 25.8 Å². The lowest BCUT2D eigenvalue weighted by Crippen LogP contribution is -2.26. The van der Waals surface area contributed by atoms with Crippen molar-refractivity contribution in [2.75, 3.05) is 5.32 Å². The van der Waals surface area contributed by atoms with Gasteiger partial charge in [0.25, 0.3) is 0 Å². The van der Waals surface area contributed by atoms with Crippen molar-refractivity contribution in [3.05, 3.63) is 42.4 Å². The number of rotatable bonds is 4. The zero-order chi connectivity index (χ0) is 13.0. The molecular weight excluding hydrogens is 230 g/mol. The number of anilines is 1. The first-order valence-corrected chi connectivity index (χ1v) is 5.95. The molecule has 0 saturated carbocycles. The molecular formula is C14H17NO3. The Morgan fingerprint density at radius 2 is 1.94 bits per heavy atom. The standard InChI is InChI=1S/C14H17NO3/c1-11(16)15-13-6-4-3-5-12(13)7-8-14(2)17-9-10-18-14/h3-6,9-10H,7-8H2,1-2H3,(H,15,16). The Bertz CT molecular complexity index is 460. The summed E-state index contributed by atoms with van der Waals surface area (Å²) < 4.78 is 10.8. The van der Waals surface area contributed by atoms with Crippen LogP contribution < -0.4 is 5.32 Å². The SMILES string of the molecule is CC(=O)Nc1ccccc1CCC1(C)OC=CO1. The van der Waals surface area contributed by atoms with Crippen LogP contribution in [0.2, 0.25) is 0 Å². The van der Waals surface area contributed by atoms with Gasteiger partial charge in [-0.05, 0) is 18.1 Å². The van der Waals surface area contributed by atoms with Crippen molar-refractivity contribution >= 4 is 11.6 Å². The molecule has 0 bridgehead atoms. The topological polar surface area (TPSA) is 47.6 Å². The molecule has 0 unspecified atom stereocenters. The van der Waals surface area contributed by atoms with Crippen molar-refractivity contribution in [3.8, 4) is 0 Å². The van der Waals surface area contributed by atoms with E-state index in [0.717, 1.165) is 24.1 Å². The Morgan fingerprint density at radius 3 is 2.61 bits per heavy atom. The van der Waals surface area contributed by atoms with Gasteiger partial charge in [-0.15, -0.1) is 0 Å². The van der Waals surface area contributed by atoms with Crippen LogP contribution in [-0.2, 0) is 20.7 Å². The molecule has 1 aliphatic rings. The van der Waals surface area contributed by atoms with Gasteiger partial charge in [0.2, 0.25) is 11.7 Å². The molecule has 1 aromatic carbocycles. The first-order valence-electron chi connectivity index (χ1n) is 5.95. The van der Waals surface area contributed by atoms with Crippen molar-refractivity contribution in [2.24, 2.45) is 0 Å². The highest BCUT2D eigenvalue weighted by Crippen LogP contribution is 2.27. The summed E-state index contributed by atoms with van der Waals surface area (Å²) in [7, 11) is 0. The minimum absolute atomic E-state index is 0.0660. The number of hydrogen-bond acceptors (Lipinski definition) is 3. The fraction of sp³-hybridized carbons (Fsp3) is 0.357. The van der Waals surface area contributed by atoms with E-state index in [0.29, 0.717) is 0 Å². The lowest BCUT2D eigenvalue weighted by Gasteiger charge is -2.23. The molecule has 1 amide bonds. The van der Waals surface area contributed by atoms with Gasteiger partial charge in [0, 0.05) is 26.0 Å². The molecule has 18 heavy (non-hydrogen) atoms. The largest absolute Gasteiger partial charge is 0.457 e. The van der Waals surface area contributed by atoms with E-state index in [4.69, 9.17) is 9.47 Å². The van der Waals surface area contributed by atoms with E-state index in [1.807, 2.05) is 31.2 Å². The predicted octanol–water partition coefficient (Wildman–Crippen LogP) is 2.81. The Balaban J connectivity index is 2.02. The summed E-state index contributed by atoms with van der Waals surface area (Å²) >= 11 is 0. The number of hydrogen-bond donors (Lipinski definition) is 1. The number of carbonyl (C=O) groups excluding carboxylic acids is 1. The zero-order valence-corrected chi connectivity index (χ0v) is 10.6.